The summed E-state index contributed by atoms with van der Waals surface area (Å²) >= 11 is 5.91. The zero-order valence-electron chi connectivity index (χ0n) is 14.5. The van der Waals surface area contributed by atoms with Gasteiger partial charge in [0, 0.05) is 17.6 Å². The van der Waals surface area contributed by atoms with Gasteiger partial charge in [0.05, 0.1) is 6.42 Å². The SMILES string of the molecule is O=C(Cc1ccc(Cl)cc1)N[C@@H]1CCCC[C@H]1CN1CCCCC1. The fourth-order valence-corrected chi connectivity index (χ4v) is 4.26. The van der Waals surface area contributed by atoms with E-state index in [4.69, 9.17) is 11.6 Å². The van der Waals surface area contributed by atoms with Gasteiger partial charge in [0.2, 0.25) is 5.91 Å². The number of carbonyl (C=O) groups is 1. The Labute approximate surface area is 150 Å². The molecule has 1 aliphatic carbocycles. The van der Waals surface area contributed by atoms with Gasteiger partial charge in [0.25, 0.3) is 0 Å². The summed E-state index contributed by atoms with van der Waals surface area (Å²) in [6.07, 6.45) is 9.42. The Morgan fingerprint density at radius 1 is 1.04 bits per heavy atom. The molecule has 0 unspecified atom stereocenters. The molecule has 1 heterocycles. The van der Waals surface area contributed by atoms with Crippen molar-refractivity contribution in [2.45, 2.75) is 57.4 Å². The van der Waals surface area contributed by atoms with Crippen LogP contribution >= 0.6 is 11.6 Å². The van der Waals surface area contributed by atoms with E-state index >= 15 is 0 Å². The highest BCUT2D eigenvalue weighted by molar-refractivity contribution is 6.30. The molecule has 0 bridgehead atoms. The number of nitrogens with one attached hydrogen (secondary N) is 1. The molecule has 1 amide bonds. The molecule has 2 fully saturated rings. The molecule has 1 aliphatic heterocycles. The van der Waals surface area contributed by atoms with Crippen LogP contribution in [0.3, 0.4) is 0 Å². The van der Waals surface area contributed by atoms with Gasteiger partial charge in [-0.25, -0.2) is 0 Å². The number of amides is 1. The summed E-state index contributed by atoms with van der Waals surface area (Å²) in [7, 11) is 0. The molecule has 24 heavy (non-hydrogen) atoms. The van der Waals surface area contributed by atoms with Crippen molar-refractivity contribution in [1.29, 1.82) is 0 Å². The summed E-state index contributed by atoms with van der Waals surface area (Å²) < 4.78 is 0. The molecule has 1 saturated carbocycles. The third kappa shape index (κ3) is 5.22. The molecule has 1 aromatic rings. The number of rotatable bonds is 5. The number of hydrogen-bond donors (Lipinski definition) is 1. The summed E-state index contributed by atoms with van der Waals surface area (Å²) in [6.45, 7) is 3.63. The zero-order valence-corrected chi connectivity index (χ0v) is 15.2. The number of nitrogens with zero attached hydrogens (tertiary/aromatic N) is 1. The van der Waals surface area contributed by atoms with Gasteiger partial charge < -0.3 is 10.2 Å². The standard InChI is InChI=1S/C20H29ClN2O/c21-18-10-8-16(9-11-18)14-20(24)22-19-7-3-2-6-17(19)15-23-12-4-1-5-13-23/h8-11,17,19H,1-7,12-15H2,(H,22,24)/t17-,19+/m0/s1. The van der Waals surface area contributed by atoms with Crippen molar-refractivity contribution in [3.05, 3.63) is 34.9 Å². The van der Waals surface area contributed by atoms with Gasteiger partial charge in [-0.15, -0.1) is 0 Å². The van der Waals surface area contributed by atoms with Gasteiger partial charge in [0.1, 0.15) is 0 Å². The van der Waals surface area contributed by atoms with Crippen LogP contribution in [0.1, 0.15) is 50.5 Å². The third-order valence-electron chi connectivity index (χ3n) is 5.47. The van der Waals surface area contributed by atoms with Crippen LogP contribution in [-0.4, -0.2) is 36.5 Å². The molecule has 2 atom stereocenters. The molecule has 1 N–H and O–H groups in total. The lowest BCUT2D eigenvalue weighted by Crippen LogP contribution is -2.47. The Kier molecular flexibility index (Phi) is 6.56. The van der Waals surface area contributed by atoms with E-state index in [0.29, 0.717) is 23.4 Å². The minimum atomic E-state index is 0.146. The van der Waals surface area contributed by atoms with Crippen LogP contribution in [0.5, 0.6) is 0 Å². The van der Waals surface area contributed by atoms with Crippen molar-refractivity contribution >= 4 is 17.5 Å². The summed E-state index contributed by atoms with van der Waals surface area (Å²) in [5.41, 5.74) is 1.03. The Balaban J connectivity index is 1.52. The first kappa shape index (κ1) is 17.8. The maximum absolute atomic E-state index is 12.4. The van der Waals surface area contributed by atoms with Crippen LogP contribution in [0.15, 0.2) is 24.3 Å². The van der Waals surface area contributed by atoms with Gasteiger partial charge >= 0.3 is 0 Å². The van der Waals surface area contributed by atoms with Crippen molar-refractivity contribution in [2.75, 3.05) is 19.6 Å². The molecule has 3 nitrogen and oxygen atoms in total. The summed E-state index contributed by atoms with van der Waals surface area (Å²) in [4.78, 5) is 15.1. The maximum atomic E-state index is 12.4. The summed E-state index contributed by atoms with van der Waals surface area (Å²) in [5, 5.41) is 4.04. The van der Waals surface area contributed by atoms with E-state index in [1.54, 1.807) is 0 Å². The third-order valence-corrected chi connectivity index (χ3v) is 5.73. The zero-order chi connectivity index (χ0) is 16.8. The van der Waals surface area contributed by atoms with Gasteiger partial charge in [-0.1, -0.05) is 43.0 Å². The minimum absolute atomic E-state index is 0.146. The second-order valence-electron chi connectivity index (χ2n) is 7.38. The van der Waals surface area contributed by atoms with E-state index in [1.807, 2.05) is 24.3 Å². The van der Waals surface area contributed by atoms with Crippen molar-refractivity contribution in [3.8, 4) is 0 Å². The molecule has 0 spiro atoms. The largest absolute Gasteiger partial charge is 0.353 e. The molecule has 0 aromatic heterocycles. The quantitative estimate of drug-likeness (QED) is 0.870. The highest BCUT2D eigenvalue weighted by Crippen LogP contribution is 2.26. The monoisotopic (exact) mass is 348 g/mol. The maximum Gasteiger partial charge on any atom is 0.224 e. The van der Waals surface area contributed by atoms with Crippen LogP contribution in [0, 0.1) is 5.92 Å². The summed E-state index contributed by atoms with van der Waals surface area (Å²) in [5.74, 6) is 0.763. The number of carbonyl (C=O) groups excluding carboxylic acids is 1. The van der Waals surface area contributed by atoms with E-state index in [0.717, 1.165) is 18.5 Å². The van der Waals surface area contributed by atoms with Gasteiger partial charge in [-0.2, -0.15) is 0 Å². The molecule has 2 aliphatic rings. The number of halogens is 1. The average molecular weight is 349 g/mol. The topological polar surface area (TPSA) is 32.3 Å². The van der Waals surface area contributed by atoms with E-state index in [9.17, 15) is 4.79 Å². The number of likely N-dealkylation sites (tertiary alicyclic amines) is 1. The Bertz CT molecular complexity index is 525. The van der Waals surface area contributed by atoms with Crippen LogP contribution in [-0.2, 0) is 11.2 Å². The van der Waals surface area contributed by atoms with Gasteiger partial charge in [-0.3, -0.25) is 4.79 Å². The second kappa shape index (κ2) is 8.87. The van der Waals surface area contributed by atoms with Crippen LogP contribution in [0.25, 0.3) is 0 Å². The fraction of sp³-hybridized carbons (Fsp3) is 0.650. The lowest BCUT2D eigenvalue weighted by molar-refractivity contribution is -0.121. The second-order valence-corrected chi connectivity index (χ2v) is 7.82. The first-order valence-electron chi connectivity index (χ1n) is 9.47. The van der Waals surface area contributed by atoms with E-state index in [-0.39, 0.29) is 5.91 Å². The van der Waals surface area contributed by atoms with Crippen LogP contribution in [0.2, 0.25) is 5.02 Å². The predicted octanol–water partition coefficient (Wildman–Crippen LogP) is 4.04. The number of piperidine rings is 1. The molecule has 4 heteroatoms. The predicted molar refractivity (Wildman–Crippen MR) is 99.3 cm³/mol. The lowest BCUT2D eigenvalue weighted by atomic mass is 9.83. The average Bonchev–Trinajstić information content (AvgIpc) is 2.60. The summed E-state index contributed by atoms with van der Waals surface area (Å²) in [6, 6.07) is 7.93. The normalized spacial score (nSPS) is 25.4. The first-order chi connectivity index (χ1) is 11.7. The van der Waals surface area contributed by atoms with Crippen molar-refractivity contribution < 1.29 is 4.79 Å². The first-order valence-corrected chi connectivity index (χ1v) is 9.84. The van der Waals surface area contributed by atoms with Crippen molar-refractivity contribution in [3.63, 3.8) is 0 Å². The van der Waals surface area contributed by atoms with Crippen molar-refractivity contribution in [1.82, 2.24) is 10.2 Å². The molecular weight excluding hydrogens is 320 g/mol. The Hall–Kier alpha value is -1.06. The van der Waals surface area contributed by atoms with E-state index in [1.165, 1.54) is 51.6 Å². The fourth-order valence-electron chi connectivity index (χ4n) is 4.14. The van der Waals surface area contributed by atoms with Gasteiger partial charge in [-0.05, 0) is 62.4 Å². The number of hydrogen-bond acceptors (Lipinski definition) is 2. The highest BCUT2D eigenvalue weighted by Gasteiger charge is 2.28. The van der Waals surface area contributed by atoms with Crippen molar-refractivity contribution in [2.24, 2.45) is 5.92 Å². The molecule has 0 radical (unpaired) electrons. The molecule has 1 aromatic carbocycles. The van der Waals surface area contributed by atoms with Crippen LogP contribution in [0.4, 0.5) is 0 Å². The van der Waals surface area contributed by atoms with Gasteiger partial charge in [0.15, 0.2) is 0 Å². The minimum Gasteiger partial charge on any atom is -0.353 e. The Morgan fingerprint density at radius 3 is 2.50 bits per heavy atom. The smallest absolute Gasteiger partial charge is 0.224 e. The molecule has 132 valence electrons. The highest BCUT2D eigenvalue weighted by atomic mass is 35.5. The molecule has 3 rings (SSSR count). The molecule has 1 saturated heterocycles. The molecular formula is C20H29ClN2O. The lowest BCUT2D eigenvalue weighted by Gasteiger charge is -2.37. The van der Waals surface area contributed by atoms with Crippen LogP contribution < -0.4 is 5.32 Å². The Morgan fingerprint density at radius 2 is 1.75 bits per heavy atom. The van der Waals surface area contributed by atoms with E-state index in [2.05, 4.69) is 10.2 Å². The number of benzene rings is 1. The van der Waals surface area contributed by atoms with E-state index < -0.39 is 0 Å².